The monoisotopic (exact) mass is 536 g/mol. The zero-order chi connectivity index (χ0) is 26.6. The highest BCUT2D eigenvalue weighted by molar-refractivity contribution is 6.33. The number of furan rings is 1. The lowest BCUT2D eigenvalue weighted by molar-refractivity contribution is -0.137. The molecular formula is C25H20ClF3N2O6. The molecule has 37 heavy (non-hydrogen) atoms. The van der Waals surface area contributed by atoms with Gasteiger partial charge < -0.3 is 24.1 Å². The molecule has 194 valence electrons. The Labute approximate surface area is 213 Å². The fraction of sp³-hybridized carbons (Fsp3) is 0.240. The van der Waals surface area contributed by atoms with E-state index in [0.717, 1.165) is 12.1 Å². The van der Waals surface area contributed by atoms with Crippen LogP contribution in [0.5, 0.6) is 0 Å². The maximum atomic E-state index is 13.3. The number of rotatable bonds is 7. The van der Waals surface area contributed by atoms with Crippen LogP contribution in [0.3, 0.4) is 0 Å². The molecule has 1 aliphatic rings. The molecule has 1 amide bonds. The molecule has 12 heteroatoms. The highest BCUT2D eigenvalue weighted by Gasteiger charge is 2.32. The average molecular weight is 537 g/mol. The van der Waals surface area contributed by atoms with Crippen molar-refractivity contribution in [3.63, 3.8) is 0 Å². The van der Waals surface area contributed by atoms with Gasteiger partial charge in [0.25, 0.3) is 5.91 Å². The minimum Gasteiger partial charge on any atom is -0.453 e. The third-order valence-corrected chi connectivity index (χ3v) is 5.83. The molecule has 0 radical (unpaired) electrons. The van der Waals surface area contributed by atoms with Crippen LogP contribution in [0.15, 0.2) is 52.9 Å². The normalized spacial score (nSPS) is 13.8. The molecule has 8 nitrogen and oxygen atoms in total. The summed E-state index contributed by atoms with van der Waals surface area (Å²) < 4.78 is 55.5. The first-order valence-corrected chi connectivity index (χ1v) is 11.4. The second-order valence-corrected chi connectivity index (χ2v) is 8.38. The van der Waals surface area contributed by atoms with Gasteiger partial charge in [-0.3, -0.25) is 9.59 Å². The van der Waals surface area contributed by atoms with Crippen molar-refractivity contribution in [2.45, 2.75) is 6.18 Å². The second-order valence-electron chi connectivity index (χ2n) is 7.97. The van der Waals surface area contributed by atoms with Crippen LogP contribution in [0.1, 0.15) is 26.5 Å². The van der Waals surface area contributed by atoms with Gasteiger partial charge in [0.05, 0.1) is 40.7 Å². The number of amides is 1. The van der Waals surface area contributed by atoms with Crippen LogP contribution in [0.4, 0.5) is 24.5 Å². The number of hydrogen-bond donors (Lipinski definition) is 1. The molecule has 1 N–H and O–H groups in total. The number of carbonyl (C=O) groups is 3. The molecule has 3 aromatic rings. The molecule has 0 bridgehead atoms. The Hall–Kier alpha value is -3.83. The van der Waals surface area contributed by atoms with Gasteiger partial charge in [-0.25, -0.2) is 4.79 Å². The lowest BCUT2D eigenvalue weighted by Gasteiger charge is -2.31. The molecule has 2 aromatic carbocycles. The van der Waals surface area contributed by atoms with E-state index in [1.807, 2.05) is 0 Å². The summed E-state index contributed by atoms with van der Waals surface area (Å²) in [6.07, 6.45) is -4.08. The maximum Gasteiger partial charge on any atom is 0.416 e. The van der Waals surface area contributed by atoms with E-state index in [1.165, 1.54) is 30.3 Å². The van der Waals surface area contributed by atoms with Crippen molar-refractivity contribution in [2.75, 3.05) is 43.1 Å². The van der Waals surface area contributed by atoms with Gasteiger partial charge in [0.2, 0.25) is 0 Å². The van der Waals surface area contributed by atoms with Crippen molar-refractivity contribution >= 4 is 41.1 Å². The van der Waals surface area contributed by atoms with Gasteiger partial charge in [-0.1, -0.05) is 11.6 Å². The standard InChI is InChI=1S/C25H20ClF3N2O6/c26-19-4-1-15(22-6-3-17(13-32)37-22)11-18(19)24(34)36-14-23(33)30-20-12-16(25(27,28)29)2-5-21(20)31-7-9-35-10-8-31/h1-6,11-13H,7-10,14H2,(H,30,33). The van der Waals surface area contributed by atoms with Gasteiger partial charge in [0.1, 0.15) is 5.76 Å². The number of nitrogens with zero attached hydrogens (tertiary/aromatic N) is 1. The summed E-state index contributed by atoms with van der Waals surface area (Å²) in [4.78, 5) is 37.8. The van der Waals surface area contributed by atoms with Crippen molar-refractivity contribution in [3.8, 4) is 11.3 Å². The number of esters is 1. The highest BCUT2D eigenvalue weighted by Crippen LogP contribution is 2.36. The van der Waals surface area contributed by atoms with E-state index in [4.69, 9.17) is 25.5 Å². The molecule has 1 aromatic heterocycles. The van der Waals surface area contributed by atoms with Crippen LogP contribution in [-0.2, 0) is 20.4 Å². The van der Waals surface area contributed by atoms with Gasteiger partial charge in [-0.2, -0.15) is 13.2 Å². The number of hydrogen-bond acceptors (Lipinski definition) is 7. The molecule has 1 saturated heterocycles. The molecule has 4 rings (SSSR count). The SMILES string of the molecule is O=Cc1ccc(-c2ccc(Cl)c(C(=O)OCC(=O)Nc3cc(C(F)(F)F)ccc3N3CCOCC3)c2)o1. The van der Waals surface area contributed by atoms with E-state index in [-0.39, 0.29) is 22.0 Å². The van der Waals surface area contributed by atoms with Crippen LogP contribution in [0, 0.1) is 0 Å². The summed E-state index contributed by atoms with van der Waals surface area (Å²) in [5, 5.41) is 2.45. The minimum atomic E-state index is -4.61. The topological polar surface area (TPSA) is 98.1 Å². The van der Waals surface area contributed by atoms with Gasteiger partial charge in [0.15, 0.2) is 18.7 Å². The molecular weight excluding hydrogens is 517 g/mol. The largest absolute Gasteiger partial charge is 0.453 e. The van der Waals surface area contributed by atoms with Crippen LogP contribution >= 0.6 is 11.6 Å². The first-order valence-electron chi connectivity index (χ1n) is 11.0. The molecule has 0 unspecified atom stereocenters. The number of carbonyl (C=O) groups excluding carboxylic acids is 3. The number of anilines is 2. The van der Waals surface area contributed by atoms with Gasteiger partial charge in [-0.05, 0) is 48.5 Å². The fourth-order valence-corrected chi connectivity index (χ4v) is 3.89. The Morgan fingerprint density at radius 2 is 1.84 bits per heavy atom. The van der Waals surface area contributed by atoms with Gasteiger partial charge in [-0.15, -0.1) is 0 Å². The first kappa shape index (κ1) is 26.2. The van der Waals surface area contributed by atoms with Crippen LogP contribution in [0.2, 0.25) is 5.02 Å². The van der Waals surface area contributed by atoms with Crippen molar-refractivity contribution in [1.82, 2.24) is 0 Å². The van der Waals surface area contributed by atoms with Gasteiger partial charge in [0, 0.05) is 18.7 Å². The maximum absolute atomic E-state index is 13.3. The summed E-state index contributed by atoms with van der Waals surface area (Å²) in [5.41, 5.74) is -0.241. The van der Waals surface area contributed by atoms with Crippen LogP contribution < -0.4 is 10.2 Å². The van der Waals surface area contributed by atoms with E-state index >= 15 is 0 Å². The van der Waals surface area contributed by atoms with Crippen molar-refractivity contribution < 1.29 is 41.4 Å². The number of alkyl halides is 3. The number of morpholine rings is 1. The second kappa shape index (κ2) is 11.1. The van der Waals surface area contributed by atoms with Crippen LogP contribution in [0.25, 0.3) is 11.3 Å². The summed E-state index contributed by atoms with van der Waals surface area (Å²) in [6.45, 7) is 0.874. The number of ether oxygens (including phenoxy) is 2. The predicted molar refractivity (Wildman–Crippen MR) is 128 cm³/mol. The number of benzene rings is 2. The molecule has 0 spiro atoms. The van der Waals surface area contributed by atoms with E-state index < -0.39 is 30.2 Å². The Balaban J connectivity index is 1.47. The average Bonchev–Trinajstić information content (AvgIpc) is 3.37. The summed E-state index contributed by atoms with van der Waals surface area (Å²) >= 11 is 6.11. The third kappa shape index (κ3) is 6.30. The Bertz CT molecular complexity index is 1320. The Kier molecular flexibility index (Phi) is 7.84. The smallest absolute Gasteiger partial charge is 0.416 e. The molecule has 2 heterocycles. The quantitative estimate of drug-likeness (QED) is 0.333. The van der Waals surface area contributed by atoms with Crippen molar-refractivity contribution in [2.24, 2.45) is 0 Å². The summed E-state index contributed by atoms with van der Waals surface area (Å²) in [7, 11) is 0. The number of aldehydes is 1. The van der Waals surface area contributed by atoms with Crippen molar-refractivity contribution in [1.29, 1.82) is 0 Å². The zero-order valence-electron chi connectivity index (χ0n) is 19.1. The zero-order valence-corrected chi connectivity index (χ0v) is 19.9. The highest BCUT2D eigenvalue weighted by atomic mass is 35.5. The lowest BCUT2D eigenvalue weighted by atomic mass is 10.1. The molecule has 0 aliphatic carbocycles. The lowest BCUT2D eigenvalue weighted by Crippen LogP contribution is -2.37. The Morgan fingerprint density at radius 3 is 2.51 bits per heavy atom. The summed E-state index contributed by atoms with van der Waals surface area (Å²) in [5.74, 6) is -1.36. The number of nitrogens with one attached hydrogen (secondary N) is 1. The van der Waals surface area contributed by atoms with E-state index in [2.05, 4.69) is 5.32 Å². The third-order valence-electron chi connectivity index (χ3n) is 5.50. The fourth-order valence-electron chi connectivity index (χ4n) is 3.69. The van der Waals surface area contributed by atoms with Crippen LogP contribution in [-0.4, -0.2) is 51.1 Å². The Morgan fingerprint density at radius 1 is 1.08 bits per heavy atom. The van der Waals surface area contributed by atoms with Crippen molar-refractivity contribution in [3.05, 3.63) is 70.4 Å². The summed E-state index contributed by atoms with van der Waals surface area (Å²) in [6, 6.07) is 10.4. The van der Waals surface area contributed by atoms with E-state index in [0.29, 0.717) is 49.6 Å². The molecule has 0 saturated carbocycles. The van der Waals surface area contributed by atoms with E-state index in [9.17, 15) is 27.6 Å². The van der Waals surface area contributed by atoms with E-state index in [1.54, 1.807) is 11.0 Å². The molecule has 1 fully saturated rings. The molecule has 1 aliphatic heterocycles. The molecule has 0 atom stereocenters. The number of halogens is 4. The minimum absolute atomic E-state index is 0.0452. The van der Waals surface area contributed by atoms with Gasteiger partial charge >= 0.3 is 12.1 Å². The first-order chi connectivity index (χ1) is 17.7. The predicted octanol–water partition coefficient (Wildman–Crippen LogP) is 5.06.